The number of carbonyl (C=O) groups excluding carboxylic acids is 1. The minimum atomic E-state index is -5.08. The Balaban J connectivity index is 0.000000479. The van der Waals surface area contributed by atoms with E-state index in [9.17, 15) is 32.7 Å². The van der Waals surface area contributed by atoms with E-state index in [1.165, 1.54) is 46.0 Å². The first-order valence-electron chi connectivity index (χ1n) is 10.1. The molecular formula is C23H16ClF3N4O6. The number of pyridine rings is 2. The van der Waals surface area contributed by atoms with E-state index in [0.29, 0.717) is 5.02 Å². The molecule has 0 aliphatic rings. The monoisotopic (exact) mass is 536 g/mol. The minimum Gasteiger partial charge on any atom is -0.502 e. The van der Waals surface area contributed by atoms with Crippen LogP contribution in [-0.4, -0.2) is 42.2 Å². The number of aromatic hydroxyl groups is 1. The molecule has 192 valence electrons. The minimum absolute atomic E-state index is 0.161. The van der Waals surface area contributed by atoms with Crippen LogP contribution in [0.15, 0.2) is 77.0 Å². The van der Waals surface area contributed by atoms with Gasteiger partial charge in [0, 0.05) is 36.0 Å². The maximum Gasteiger partial charge on any atom is 0.490 e. The third kappa shape index (κ3) is 6.52. The number of benzene rings is 1. The zero-order chi connectivity index (χ0) is 27.3. The molecule has 14 heteroatoms. The number of halogens is 4. The number of hydrogen-bond acceptors (Lipinski definition) is 6. The molecule has 3 aromatic heterocycles. The van der Waals surface area contributed by atoms with Gasteiger partial charge in [0.25, 0.3) is 11.5 Å². The van der Waals surface area contributed by atoms with Crippen molar-refractivity contribution in [2.45, 2.75) is 12.7 Å². The number of carbonyl (C=O) groups is 2. The maximum atomic E-state index is 12.9. The number of nitrogens with one attached hydrogen (secondary N) is 1. The number of amides is 1. The average Bonchev–Trinajstić information content (AvgIpc) is 2.84. The van der Waals surface area contributed by atoms with E-state index in [1.807, 2.05) is 6.07 Å². The number of carboxylic acids is 1. The van der Waals surface area contributed by atoms with E-state index >= 15 is 0 Å². The van der Waals surface area contributed by atoms with Crippen LogP contribution < -0.4 is 16.3 Å². The molecule has 0 spiro atoms. The normalized spacial score (nSPS) is 10.9. The number of aromatic nitrogens is 3. The fraction of sp³-hybridized carbons (Fsp3) is 0.0870. The van der Waals surface area contributed by atoms with E-state index in [1.54, 1.807) is 24.3 Å². The molecule has 0 unspecified atom stereocenters. The summed E-state index contributed by atoms with van der Waals surface area (Å²) < 4.78 is 34.4. The van der Waals surface area contributed by atoms with E-state index in [2.05, 4.69) is 10.3 Å². The highest BCUT2D eigenvalue weighted by atomic mass is 35.5. The fourth-order valence-electron chi connectivity index (χ4n) is 3.04. The van der Waals surface area contributed by atoms with Crippen LogP contribution in [0.1, 0.15) is 15.9 Å². The summed E-state index contributed by atoms with van der Waals surface area (Å²) in [6.45, 7) is 0.211. The van der Waals surface area contributed by atoms with Crippen molar-refractivity contribution in [2.75, 3.05) is 5.32 Å². The summed E-state index contributed by atoms with van der Waals surface area (Å²) in [6.07, 6.45) is 2.11. The summed E-state index contributed by atoms with van der Waals surface area (Å²) in [5.74, 6) is -4.06. The number of carboxylic acid groups (broad SMARTS) is 1. The Morgan fingerprint density at radius 1 is 1.11 bits per heavy atom. The summed E-state index contributed by atoms with van der Waals surface area (Å²) in [4.78, 5) is 50.5. The molecule has 4 aromatic rings. The first-order valence-corrected chi connectivity index (χ1v) is 10.5. The molecule has 3 heterocycles. The number of rotatable bonds is 4. The SMILES string of the molecule is O=C(Nc1cn2ccn(Cc3cccc(Cl)c3)c(=O)c2c(O)c1=O)c1cccnc1.O=C(O)C(F)(F)F. The van der Waals surface area contributed by atoms with Crippen LogP contribution in [-0.2, 0) is 11.3 Å². The van der Waals surface area contributed by atoms with Crippen LogP contribution in [0.2, 0.25) is 5.02 Å². The molecule has 3 N–H and O–H groups in total. The van der Waals surface area contributed by atoms with Crippen molar-refractivity contribution in [3.05, 3.63) is 104 Å². The van der Waals surface area contributed by atoms with Crippen molar-refractivity contribution < 1.29 is 33.0 Å². The highest BCUT2D eigenvalue weighted by Gasteiger charge is 2.38. The molecule has 0 radical (unpaired) electrons. The van der Waals surface area contributed by atoms with Gasteiger partial charge in [0.15, 0.2) is 11.3 Å². The molecule has 0 aliphatic carbocycles. The summed E-state index contributed by atoms with van der Waals surface area (Å²) in [7, 11) is 0. The fourth-order valence-corrected chi connectivity index (χ4v) is 3.25. The van der Waals surface area contributed by atoms with Crippen LogP contribution in [0.3, 0.4) is 0 Å². The number of nitrogens with zero attached hydrogens (tertiary/aromatic N) is 3. The molecular weight excluding hydrogens is 521 g/mol. The lowest BCUT2D eigenvalue weighted by Crippen LogP contribution is -2.26. The third-order valence-corrected chi connectivity index (χ3v) is 4.97. The van der Waals surface area contributed by atoms with Gasteiger partial charge in [-0.15, -0.1) is 0 Å². The molecule has 0 aliphatic heterocycles. The van der Waals surface area contributed by atoms with E-state index in [4.69, 9.17) is 21.5 Å². The molecule has 0 bridgehead atoms. The highest BCUT2D eigenvalue weighted by Crippen LogP contribution is 2.16. The van der Waals surface area contributed by atoms with Crippen molar-refractivity contribution in [1.29, 1.82) is 0 Å². The van der Waals surface area contributed by atoms with E-state index in [-0.39, 0.29) is 23.3 Å². The standard InChI is InChI=1S/C21H15ClN4O4.C2HF3O2/c22-15-5-1-3-13(9-15)11-26-8-7-25-12-16(18(27)19(28)17(25)21(26)30)24-20(29)14-4-2-6-23-10-14;3-2(4,5)1(6)7/h1-10,12,28H,11H2,(H,24,29);(H,6,7). The van der Waals surface area contributed by atoms with Crippen molar-refractivity contribution in [3.63, 3.8) is 0 Å². The number of hydrogen-bond donors (Lipinski definition) is 3. The quantitative estimate of drug-likeness (QED) is 0.363. The van der Waals surface area contributed by atoms with Gasteiger partial charge >= 0.3 is 12.1 Å². The van der Waals surface area contributed by atoms with Gasteiger partial charge in [-0.1, -0.05) is 23.7 Å². The summed E-state index contributed by atoms with van der Waals surface area (Å²) in [5, 5.41) is 20.5. The smallest absolute Gasteiger partial charge is 0.490 e. The summed E-state index contributed by atoms with van der Waals surface area (Å²) in [6, 6.07) is 10.1. The first-order chi connectivity index (χ1) is 17.4. The lowest BCUT2D eigenvalue weighted by atomic mass is 10.2. The Kier molecular flexibility index (Phi) is 7.98. The molecule has 10 nitrogen and oxygen atoms in total. The summed E-state index contributed by atoms with van der Waals surface area (Å²) >= 11 is 5.98. The Labute approximate surface area is 209 Å². The summed E-state index contributed by atoms with van der Waals surface area (Å²) in [5.41, 5.74) is -0.730. The zero-order valence-electron chi connectivity index (χ0n) is 18.4. The van der Waals surface area contributed by atoms with Crippen LogP contribution in [0.4, 0.5) is 18.9 Å². The Morgan fingerprint density at radius 3 is 2.41 bits per heavy atom. The lowest BCUT2D eigenvalue weighted by Gasteiger charge is -2.12. The number of fused-ring (bicyclic) bond motifs is 1. The average molecular weight is 537 g/mol. The largest absolute Gasteiger partial charge is 0.502 e. The molecule has 37 heavy (non-hydrogen) atoms. The molecule has 1 amide bonds. The van der Waals surface area contributed by atoms with Gasteiger partial charge in [0.1, 0.15) is 5.69 Å². The van der Waals surface area contributed by atoms with Gasteiger partial charge in [-0.2, -0.15) is 13.2 Å². The molecule has 1 aromatic carbocycles. The molecule has 0 atom stereocenters. The number of alkyl halides is 3. The van der Waals surface area contributed by atoms with Crippen molar-refractivity contribution >= 4 is 34.7 Å². The van der Waals surface area contributed by atoms with Gasteiger partial charge < -0.3 is 24.5 Å². The first kappa shape index (κ1) is 26.9. The molecule has 0 saturated carbocycles. The van der Waals surface area contributed by atoms with Gasteiger partial charge in [-0.25, -0.2) is 4.79 Å². The predicted molar refractivity (Wildman–Crippen MR) is 126 cm³/mol. The molecule has 0 saturated heterocycles. The Morgan fingerprint density at radius 2 is 1.81 bits per heavy atom. The lowest BCUT2D eigenvalue weighted by molar-refractivity contribution is -0.192. The zero-order valence-corrected chi connectivity index (χ0v) is 19.2. The Hall–Kier alpha value is -4.65. The highest BCUT2D eigenvalue weighted by molar-refractivity contribution is 6.30. The van der Waals surface area contributed by atoms with Crippen LogP contribution >= 0.6 is 11.6 Å². The van der Waals surface area contributed by atoms with Gasteiger partial charge in [-0.3, -0.25) is 19.4 Å². The second kappa shape index (κ2) is 11.0. The predicted octanol–water partition coefficient (Wildman–Crippen LogP) is 3.15. The van der Waals surface area contributed by atoms with Crippen LogP contribution in [0.25, 0.3) is 5.52 Å². The van der Waals surface area contributed by atoms with Crippen LogP contribution in [0.5, 0.6) is 5.75 Å². The van der Waals surface area contributed by atoms with Gasteiger partial charge in [0.05, 0.1) is 12.1 Å². The second-order valence-corrected chi connectivity index (χ2v) is 7.77. The van der Waals surface area contributed by atoms with Gasteiger partial charge in [0.2, 0.25) is 5.43 Å². The second-order valence-electron chi connectivity index (χ2n) is 7.34. The Bertz CT molecular complexity index is 1590. The topological polar surface area (TPSA) is 143 Å². The van der Waals surface area contributed by atoms with Crippen molar-refractivity contribution in [2.24, 2.45) is 0 Å². The van der Waals surface area contributed by atoms with Crippen molar-refractivity contribution in [1.82, 2.24) is 14.0 Å². The number of anilines is 1. The van der Waals surface area contributed by atoms with Crippen LogP contribution in [0, 0.1) is 0 Å². The maximum absolute atomic E-state index is 12.9. The van der Waals surface area contributed by atoms with Gasteiger partial charge in [-0.05, 0) is 29.8 Å². The third-order valence-electron chi connectivity index (χ3n) is 4.74. The number of aliphatic carboxylic acids is 1. The van der Waals surface area contributed by atoms with E-state index in [0.717, 1.165) is 5.56 Å². The molecule has 4 rings (SSSR count). The van der Waals surface area contributed by atoms with E-state index < -0.39 is 34.8 Å². The molecule has 0 fully saturated rings. The van der Waals surface area contributed by atoms with Crippen molar-refractivity contribution in [3.8, 4) is 5.75 Å².